The maximum absolute atomic E-state index is 11.6. The van der Waals surface area contributed by atoms with E-state index in [0.717, 1.165) is 19.5 Å². The number of carbonyl (C=O) groups is 1. The molecule has 1 aliphatic heterocycles. The Morgan fingerprint density at radius 1 is 1.69 bits per heavy atom. The highest BCUT2D eigenvalue weighted by molar-refractivity contribution is 6.30. The van der Waals surface area contributed by atoms with Crippen molar-refractivity contribution in [3.63, 3.8) is 0 Å². The number of piperidine rings is 1. The Morgan fingerprint density at radius 3 is 2.92 bits per heavy atom. The Labute approximate surface area is 85.2 Å². The molecule has 2 atom stereocenters. The molecule has 1 amide bonds. The van der Waals surface area contributed by atoms with Gasteiger partial charge in [-0.15, -0.1) is 11.6 Å². The molecule has 0 aromatic heterocycles. The van der Waals surface area contributed by atoms with Crippen LogP contribution in [-0.4, -0.2) is 29.3 Å². The molecule has 1 heterocycles. The van der Waals surface area contributed by atoms with Crippen molar-refractivity contribution in [3.8, 4) is 0 Å². The van der Waals surface area contributed by atoms with Gasteiger partial charge in [0, 0.05) is 13.1 Å². The Balaban J connectivity index is 2.46. The van der Waals surface area contributed by atoms with E-state index in [1.54, 1.807) is 6.92 Å². The van der Waals surface area contributed by atoms with Crippen molar-refractivity contribution >= 4 is 17.5 Å². The van der Waals surface area contributed by atoms with Gasteiger partial charge in [-0.25, -0.2) is 0 Å². The van der Waals surface area contributed by atoms with Gasteiger partial charge in [-0.3, -0.25) is 4.79 Å². The fourth-order valence-corrected chi connectivity index (χ4v) is 1.99. The minimum absolute atomic E-state index is 0.0971. The Morgan fingerprint density at radius 2 is 2.38 bits per heavy atom. The number of likely N-dealkylation sites (tertiary alicyclic amines) is 1. The van der Waals surface area contributed by atoms with E-state index in [1.807, 2.05) is 4.90 Å². The van der Waals surface area contributed by atoms with Gasteiger partial charge in [-0.05, 0) is 25.7 Å². The van der Waals surface area contributed by atoms with Gasteiger partial charge in [-0.2, -0.15) is 0 Å². The second-order valence-corrected chi connectivity index (χ2v) is 4.47. The zero-order valence-electron chi connectivity index (χ0n) is 8.42. The third-order valence-electron chi connectivity index (χ3n) is 2.75. The van der Waals surface area contributed by atoms with E-state index in [0.29, 0.717) is 5.92 Å². The molecule has 2 unspecified atom stereocenters. The highest BCUT2D eigenvalue weighted by Crippen LogP contribution is 2.20. The van der Waals surface area contributed by atoms with Crippen molar-refractivity contribution in [3.05, 3.63) is 0 Å². The van der Waals surface area contributed by atoms with Gasteiger partial charge in [-0.1, -0.05) is 13.3 Å². The molecule has 0 radical (unpaired) electrons. The predicted molar refractivity (Wildman–Crippen MR) is 54.9 cm³/mol. The van der Waals surface area contributed by atoms with Crippen LogP contribution >= 0.6 is 11.6 Å². The van der Waals surface area contributed by atoms with Crippen molar-refractivity contribution in [2.45, 2.75) is 38.5 Å². The zero-order valence-corrected chi connectivity index (χ0v) is 9.18. The van der Waals surface area contributed by atoms with Gasteiger partial charge in [0.25, 0.3) is 0 Å². The molecule has 0 bridgehead atoms. The maximum Gasteiger partial charge on any atom is 0.240 e. The lowest BCUT2D eigenvalue weighted by Crippen LogP contribution is -2.42. The number of rotatable bonds is 2. The summed E-state index contributed by atoms with van der Waals surface area (Å²) in [5.41, 5.74) is 0. The molecule has 1 aliphatic rings. The van der Waals surface area contributed by atoms with Crippen LogP contribution in [0.15, 0.2) is 0 Å². The van der Waals surface area contributed by atoms with Crippen LogP contribution in [0.5, 0.6) is 0 Å². The maximum atomic E-state index is 11.6. The van der Waals surface area contributed by atoms with Crippen LogP contribution in [-0.2, 0) is 4.79 Å². The highest BCUT2D eigenvalue weighted by atomic mass is 35.5. The summed E-state index contributed by atoms with van der Waals surface area (Å²) < 4.78 is 0. The summed E-state index contributed by atoms with van der Waals surface area (Å²) in [6.07, 6.45) is 3.56. The number of nitrogens with zero attached hydrogens (tertiary/aromatic N) is 1. The second kappa shape index (κ2) is 4.85. The van der Waals surface area contributed by atoms with E-state index in [-0.39, 0.29) is 11.3 Å². The van der Waals surface area contributed by atoms with Gasteiger partial charge in [0.15, 0.2) is 0 Å². The Bertz CT molecular complexity index is 182. The summed E-state index contributed by atoms with van der Waals surface area (Å²) in [7, 11) is 0. The number of carbonyl (C=O) groups excluding carboxylic acids is 1. The highest BCUT2D eigenvalue weighted by Gasteiger charge is 2.24. The summed E-state index contributed by atoms with van der Waals surface area (Å²) in [6, 6.07) is 0. The average Bonchev–Trinajstić information content (AvgIpc) is 2.16. The molecule has 76 valence electrons. The largest absolute Gasteiger partial charge is 0.341 e. The molecule has 1 saturated heterocycles. The predicted octanol–water partition coefficient (Wildman–Crippen LogP) is 2.26. The van der Waals surface area contributed by atoms with Crippen molar-refractivity contribution < 1.29 is 4.79 Å². The van der Waals surface area contributed by atoms with Crippen LogP contribution in [0.2, 0.25) is 0 Å². The standard InChI is InChI=1S/C10H18ClNO/c1-3-9-5-4-6-12(7-9)10(13)8(2)11/h8-9H,3-7H2,1-2H3. The van der Waals surface area contributed by atoms with Crippen molar-refractivity contribution in [1.82, 2.24) is 4.90 Å². The summed E-state index contributed by atoms with van der Waals surface area (Å²) in [5.74, 6) is 0.785. The lowest BCUT2D eigenvalue weighted by molar-refractivity contribution is -0.132. The van der Waals surface area contributed by atoms with Crippen LogP contribution in [0.3, 0.4) is 0 Å². The number of hydrogen-bond donors (Lipinski definition) is 0. The third kappa shape index (κ3) is 2.87. The molecule has 2 nitrogen and oxygen atoms in total. The quantitative estimate of drug-likeness (QED) is 0.631. The number of alkyl halides is 1. The van der Waals surface area contributed by atoms with Crippen molar-refractivity contribution in [2.75, 3.05) is 13.1 Å². The monoisotopic (exact) mass is 203 g/mol. The fourth-order valence-electron chi connectivity index (χ4n) is 1.85. The zero-order chi connectivity index (χ0) is 9.84. The molecular formula is C10H18ClNO. The van der Waals surface area contributed by atoms with E-state index < -0.39 is 0 Å². The first kappa shape index (κ1) is 10.8. The van der Waals surface area contributed by atoms with Crippen LogP contribution in [0.25, 0.3) is 0 Å². The molecule has 0 aromatic carbocycles. The van der Waals surface area contributed by atoms with Gasteiger partial charge >= 0.3 is 0 Å². The molecule has 3 heteroatoms. The summed E-state index contributed by atoms with van der Waals surface area (Å²) in [5, 5.41) is -0.365. The van der Waals surface area contributed by atoms with E-state index in [9.17, 15) is 4.79 Å². The van der Waals surface area contributed by atoms with E-state index in [4.69, 9.17) is 11.6 Å². The van der Waals surface area contributed by atoms with Gasteiger partial charge < -0.3 is 4.90 Å². The lowest BCUT2D eigenvalue weighted by Gasteiger charge is -2.32. The van der Waals surface area contributed by atoms with Crippen LogP contribution < -0.4 is 0 Å². The molecule has 0 saturated carbocycles. The molecular weight excluding hydrogens is 186 g/mol. The van der Waals surface area contributed by atoms with Gasteiger partial charge in [0.2, 0.25) is 5.91 Å². The summed E-state index contributed by atoms with van der Waals surface area (Å²) >= 11 is 5.76. The average molecular weight is 204 g/mol. The van der Waals surface area contributed by atoms with Crippen LogP contribution in [0.4, 0.5) is 0 Å². The second-order valence-electron chi connectivity index (χ2n) is 3.82. The summed E-state index contributed by atoms with van der Waals surface area (Å²) in [6.45, 7) is 5.74. The van der Waals surface area contributed by atoms with Crippen LogP contribution in [0, 0.1) is 5.92 Å². The lowest BCUT2D eigenvalue weighted by atomic mass is 9.95. The third-order valence-corrected chi connectivity index (χ3v) is 2.93. The normalized spacial score (nSPS) is 25.8. The van der Waals surface area contributed by atoms with E-state index in [1.165, 1.54) is 12.8 Å². The number of amides is 1. The molecule has 1 rings (SSSR count). The number of hydrogen-bond acceptors (Lipinski definition) is 1. The Hall–Kier alpha value is -0.240. The molecule has 0 spiro atoms. The molecule has 0 aliphatic carbocycles. The first-order valence-corrected chi connectivity index (χ1v) is 5.51. The fraction of sp³-hybridized carbons (Fsp3) is 0.900. The van der Waals surface area contributed by atoms with E-state index in [2.05, 4.69) is 6.92 Å². The van der Waals surface area contributed by atoms with Crippen LogP contribution in [0.1, 0.15) is 33.1 Å². The summed E-state index contributed by atoms with van der Waals surface area (Å²) in [4.78, 5) is 13.5. The first-order chi connectivity index (χ1) is 6.15. The van der Waals surface area contributed by atoms with Crippen molar-refractivity contribution in [2.24, 2.45) is 5.92 Å². The smallest absolute Gasteiger partial charge is 0.240 e. The van der Waals surface area contributed by atoms with Crippen molar-refractivity contribution in [1.29, 1.82) is 0 Å². The molecule has 0 aromatic rings. The SMILES string of the molecule is CCC1CCCN(C(=O)C(C)Cl)C1. The minimum Gasteiger partial charge on any atom is -0.341 e. The molecule has 13 heavy (non-hydrogen) atoms. The Kier molecular flexibility index (Phi) is 4.04. The van der Waals surface area contributed by atoms with Gasteiger partial charge in [0.05, 0.1) is 0 Å². The molecule has 1 fully saturated rings. The minimum atomic E-state index is -0.365. The molecule has 0 N–H and O–H groups in total. The van der Waals surface area contributed by atoms with Gasteiger partial charge in [0.1, 0.15) is 5.38 Å². The topological polar surface area (TPSA) is 20.3 Å². The van der Waals surface area contributed by atoms with E-state index >= 15 is 0 Å². The number of halogens is 1. The first-order valence-electron chi connectivity index (χ1n) is 5.08.